The number of aromatic nitrogens is 1. The molecule has 2 N–H and O–H groups in total. The van der Waals surface area contributed by atoms with E-state index in [4.69, 9.17) is 26.5 Å². The third-order valence-corrected chi connectivity index (χ3v) is 3.36. The summed E-state index contributed by atoms with van der Waals surface area (Å²) in [5, 5.41) is 0.547. The van der Waals surface area contributed by atoms with Gasteiger partial charge >= 0.3 is 5.76 Å². The number of oxazole rings is 1. The number of fused-ring (bicyclic) bond motifs is 1. The summed E-state index contributed by atoms with van der Waals surface area (Å²) in [6, 6.07) is 12.3. The number of nitrogen functional groups attached to an aromatic ring is 1. The molecule has 0 spiro atoms. The number of hydrogen-bond donors (Lipinski definition) is 1. The second kappa shape index (κ2) is 5.54. The summed E-state index contributed by atoms with van der Waals surface area (Å²) in [7, 11) is 0. The number of ether oxygens (including phenoxy) is 1. The van der Waals surface area contributed by atoms with Crippen LogP contribution in [0, 0.1) is 0 Å². The Morgan fingerprint density at radius 2 is 2.05 bits per heavy atom. The van der Waals surface area contributed by atoms with Crippen molar-refractivity contribution in [2.45, 2.75) is 6.54 Å². The van der Waals surface area contributed by atoms with Crippen molar-refractivity contribution in [1.82, 2.24) is 4.57 Å². The molecule has 0 saturated heterocycles. The number of para-hydroxylation sites is 2. The molecular weight excluding hydrogens is 292 g/mol. The molecule has 1 aromatic heterocycles. The summed E-state index contributed by atoms with van der Waals surface area (Å²) in [6.45, 7) is 0.649. The van der Waals surface area contributed by atoms with Crippen LogP contribution in [0.25, 0.3) is 11.1 Å². The molecule has 3 rings (SSSR count). The molecule has 0 aliphatic rings. The third kappa shape index (κ3) is 2.73. The Kier molecular flexibility index (Phi) is 3.58. The molecule has 0 unspecified atom stereocenters. The lowest BCUT2D eigenvalue weighted by Gasteiger charge is -2.08. The van der Waals surface area contributed by atoms with Crippen LogP contribution in [0.4, 0.5) is 5.69 Å². The van der Waals surface area contributed by atoms with Crippen LogP contribution in [0.2, 0.25) is 5.02 Å². The summed E-state index contributed by atoms with van der Waals surface area (Å²) in [6.07, 6.45) is 0. The molecule has 0 fully saturated rings. The molecule has 0 amide bonds. The van der Waals surface area contributed by atoms with Crippen LogP contribution in [-0.4, -0.2) is 11.2 Å². The van der Waals surface area contributed by atoms with Crippen LogP contribution in [0.3, 0.4) is 0 Å². The van der Waals surface area contributed by atoms with Crippen LogP contribution in [-0.2, 0) is 6.54 Å². The Hall–Kier alpha value is -2.40. The predicted molar refractivity (Wildman–Crippen MR) is 81.8 cm³/mol. The smallest absolute Gasteiger partial charge is 0.420 e. The average Bonchev–Trinajstić information content (AvgIpc) is 2.77. The number of hydrogen-bond acceptors (Lipinski definition) is 4. The van der Waals surface area contributed by atoms with E-state index in [1.165, 1.54) is 4.57 Å². The van der Waals surface area contributed by atoms with E-state index in [9.17, 15) is 4.79 Å². The summed E-state index contributed by atoms with van der Waals surface area (Å²) < 4.78 is 12.2. The van der Waals surface area contributed by atoms with E-state index in [1.807, 2.05) is 12.1 Å². The van der Waals surface area contributed by atoms with Crippen molar-refractivity contribution in [2.24, 2.45) is 0 Å². The van der Waals surface area contributed by atoms with Crippen LogP contribution < -0.4 is 16.2 Å². The van der Waals surface area contributed by atoms with E-state index in [0.717, 1.165) is 0 Å². The molecule has 108 valence electrons. The van der Waals surface area contributed by atoms with Gasteiger partial charge in [-0.25, -0.2) is 4.79 Å². The minimum absolute atomic E-state index is 0.301. The maximum atomic E-state index is 11.8. The molecule has 3 aromatic rings. The topological polar surface area (TPSA) is 70.4 Å². The molecule has 0 saturated carbocycles. The van der Waals surface area contributed by atoms with Crippen molar-refractivity contribution in [1.29, 1.82) is 0 Å². The highest BCUT2D eigenvalue weighted by atomic mass is 35.5. The molecule has 0 radical (unpaired) electrons. The average molecular weight is 305 g/mol. The maximum Gasteiger partial charge on any atom is 0.420 e. The van der Waals surface area contributed by atoms with E-state index < -0.39 is 5.76 Å². The summed E-state index contributed by atoms with van der Waals surface area (Å²) in [5.41, 5.74) is 7.50. The van der Waals surface area contributed by atoms with Crippen LogP contribution in [0.5, 0.6) is 5.75 Å². The van der Waals surface area contributed by atoms with E-state index in [2.05, 4.69) is 0 Å². The van der Waals surface area contributed by atoms with Gasteiger partial charge in [0, 0.05) is 5.02 Å². The minimum Gasteiger partial charge on any atom is -0.490 e. The van der Waals surface area contributed by atoms with Crippen molar-refractivity contribution < 1.29 is 9.15 Å². The van der Waals surface area contributed by atoms with Crippen molar-refractivity contribution in [2.75, 3.05) is 12.3 Å². The van der Waals surface area contributed by atoms with Gasteiger partial charge in [-0.05, 0) is 30.3 Å². The maximum absolute atomic E-state index is 11.8. The van der Waals surface area contributed by atoms with Gasteiger partial charge in [0.1, 0.15) is 12.4 Å². The number of benzene rings is 2. The largest absolute Gasteiger partial charge is 0.490 e. The summed E-state index contributed by atoms with van der Waals surface area (Å²) in [4.78, 5) is 11.8. The molecule has 0 atom stereocenters. The number of nitrogens with zero attached hydrogens (tertiary/aromatic N) is 1. The lowest BCUT2D eigenvalue weighted by atomic mass is 10.3. The molecule has 5 nitrogen and oxygen atoms in total. The molecule has 1 heterocycles. The monoisotopic (exact) mass is 304 g/mol. The van der Waals surface area contributed by atoms with Gasteiger partial charge in [-0.2, -0.15) is 0 Å². The molecular formula is C15H13ClN2O3. The Morgan fingerprint density at radius 3 is 2.86 bits per heavy atom. The summed E-state index contributed by atoms with van der Waals surface area (Å²) >= 11 is 5.95. The first-order valence-electron chi connectivity index (χ1n) is 6.41. The molecule has 2 aromatic carbocycles. The second-order valence-electron chi connectivity index (χ2n) is 4.52. The van der Waals surface area contributed by atoms with Crippen molar-refractivity contribution in [3.8, 4) is 5.75 Å². The zero-order valence-corrected chi connectivity index (χ0v) is 11.8. The van der Waals surface area contributed by atoms with E-state index in [-0.39, 0.29) is 0 Å². The Bertz CT molecular complexity index is 838. The number of halogens is 1. The van der Waals surface area contributed by atoms with Crippen LogP contribution in [0.1, 0.15) is 0 Å². The zero-order valence-electron chi connectivity index (χ0n) is 11.1. The van der Waals surface area contributed by atoms with Gasteiger partial charge in [-0.15, -0.1) is 0 Å². The standard InChI is InChI=1S/C15H13ClN2O3/c16-10-5-6-14-12(9-10)18(15(19)21-14)7-8-20-13-4-2-1-3-11(13)17/h1-6,9H,7-8,17H2. The fourth-order valence-corrected chi connectivity index (χ4v) is 2.27. The fourth-order valence-electron chi connectivity index (χ4n) is 2.11. The SMILES string of the molecule is Nc1ccccc1OCCn1c(=O)oc2ccc(Cl)cc21. The Labute approximate surface area is 125 Å². The van der Waals surface area contributed by atoms with Crippen molar-refractivity contribution in [3.63, 3.8) is 0 Å². The quantitative estimate of drug-likeness (QED) is 0.752. The fraction of sp³-hybridized carbons (Fsp3) is 0.133. The molecule has 6 heteroatoms. The van der Waals surface area contributed by atoms with Gasteiger partial charge in [-0.1, -0.05) is 23.7 Å². The highest BCUT2D eigenvalue weighted by Gasteiger charge is 2.09. The van der Waals surface area contributed by atoms with Crippen LogP contribution >= 0.6 is 11.6 Å². The minimum atomic E-state index is -0.433. The normalized spacial score (nSPS) is 10.9. The molecule has 0 aliphatic carbocycles. The number of anilines is 1. The van der Waals surface area contributed by atoms with E-state index in [1.54, 1.807) is 30.3 Å². The highest BCUT2D eigenvalue weighted by Crippen LogP contribution is 2.21. The van der Waals surface area contributed by atoms with Gasteiger partial charge in [0.15, 0.2) is 5.58 Å². The molecule has 21 heavy (non-hydrogen) atoms. The first-order valence-corrected chi connectivity index (χ1v) is 6.79. The Morgan fingerprint density at radius 1 is 1.24 bits per heavy atom. The molecule has 0 bridgehead atoms. The Balaban J connectivity index is 1.79. The van der Waals surface area contributed by atoms with Crippen molar-refractivity contribution >= 4 is 28.4 Å². The van der Waals surface area contributed by atoms with Gasteiger partial charge in [-0.3, -0.25) is 4.57 Å². The zero-order chi connectivity index (χ0) is 14.8. The lowest BCUT2D eigenvalue weighted by Crippen LogP contribution is -2.18. The predicted octanol–water partition coefficient (Wildman–Crippen LogP) is 2.91. The van der Waals surface area contributed by atoms with E-state index in [0.29, 0.717) is 40.7 Å². The first-order chi connectivity index (χ1) is 10.1. The molecule has 0 aliphatic heterocycles. The lowest BCUT2D eigenvalue weighted by molar-refractivity contribution is 0.295. The highest BCUT2D eigenvalue weighted by molar-refractivity contribution is 6.31. The first kappa shape index (κ1) is 13.6. The van der Waals surface area contributed by atoms with Gasteiger partial charge in [0.05, 0.1) is 17.7 Å². The second-order valence-corrected chi connectivity index (χ2v) is 4.95. The number of nitrogens with two attached hydrogens (primary N) is 1. The summed E-state index contributed by atoms with van der Waals surface area (Å²) in [5.74, 6) is 0.160. The number of rotatable bonds is 4. The van der Waals surface area contributed by atoms with Gasteiger partial charge in [0.25, 0.3) is 0 Å². The van der Waals surface area contributed by atoms with Crippen molar-refractivity contribution in [3.05, 3.63) is 58.0 Å². The third-order valence-electron chi connectivity index (χ3n) is 3.12. The van der Waals surface area contributed by atoms with E-state index >= 15 is 0 Å². The van der Waals surface area contributed by atoms with Crippen LogP contribution in [0.15, 0.2) is 51.7 Å². The van der Waals surface area contributed by atoms with Gasteiger partial charge in [0.2, 0.25) is 0 Å². The van der Waals surface area contributed by atoms with Gasteiger partial charge < -0.3 is 14.9 Å².